The van der Waals surface area contributed by atoms with Crippen LogP contribution in [0.5, 0.6) is 0 Å². The minimum absolute atomic E-state index is 0. The van der Waals surface area contributed by atoms with Crippen molar-refractivity contribution in [3.05, 3.63) is 59.3 Å². The third-order valence-corrected chi connectivity index (χ3v) is 4.66. The van der Waals surface area contributed by atoms with E-state index in [1.165, 1.54) is 6.07 Å². The number of rotatable bonds is 5. The molecule has 136 valence electrons. The van der Waals surface area contributed by atoms with Crippen molar-refractivity contribution < 1.29 is 8.81 Å². The zero-order chi connectivity index (χ0) is 17.2. The summed E-state index contributed by atoms with van der Waals surface area (Å²) in [5.41, 5.74) is 0.677. The summed E-state index contributed by atoms with van der Waals surface area (Å²) in [6.45, 7) is 4.61. The lowest BCUT2D eigenvalue weighted by Crippen LogP contribution is -2.42. The summed E-state index contributed by atoms with van der Waals surface area (Å²) in [5, 5.41) is 6.65. The zero-order valence-corrected chi connectivity index (χ0v) is 17.1. The number of nitrogens with zero attached hydrogens (tertiary/aromatic N) is 1. The fourth-order valence-corrected chi connectivity index (χ4v) is 2.99. The van der Waals surface area contributed by atoms with Gasteiger partial charge in [-0.05, 0) is 50.5 Å². The normalized spacial score (nSPS) is 16.7. The van der Waals surface area contributed by atoms with Gasteiger partial charge in [0.05, 0.1) is 6.04 Å². The predicted octanol–water partition coefficient (Wildman–Crippen LogP) is 4.30. The first-order chi connectivity index (χ1) is 11.5. The molecule has 0 aliphatic heterocycles. The Morgan fingerprint density at radius 3 is 2.56 bits per heavy atom. The van der Waals surface area contributed by atoms with Crippen LogP contribution in [0.3, 0.4) is 0 Å². The van der Waals surface area contributed by atoms with E-state index in [-0.39, 0.29) is 41.3 Å². The van der Waals surface area contributed by atoms with Crippen molar-refractivity contribution >= 4 is 29.9 Å². The summed E-state index contributed by atoms with van der Waals surface area (Å²) in [5.74, 6) is 2.32. The van der Waals surface area contributed by atoms with Crippen molar-refractivity contribution in [3.8, 4) is 0 Å². The molecule has 2 aromatic rings. The van der Waals surface area contributed by atoms with Gasteiger partial charge in [-0.2, -0.15) is 0 Å². The van der Waals surface area contributed by atoms with Gasteiger partial charge in [0.25, 0.3) is 0 Å². The average Bonchev–Trinajstić information content (AvgIpc) is 3.24. The van der Waals surface area contributed by atoms with Gasteiger partial charge in [0.1, 0.15) is 17.3 Å². The van der Waals surface area contributed by atoms with E-state index in [0.717, 1.165) is 29.9 Å². The second kappa shape index (κ2) is 8.21. The van der Waals surface area contributed by atoms with Crippen molar-refractivity contribution in [1.29, 1.82) is 0 Å². The molecular formula is C19H25FIN3O. The van der Waals surface area contributed by atoms with Gasteiger partial charge in [-0.3, -0.25) is 4.99 Å². The van der Waals surface area contributed by atoms with Crippen LogP contribution in [0.15, 0.2) is 45.8 Å². The summed E-state index contributed by atoms with van der Waals surface area (Å²) in [6, 6.07) is 11.0. The van der Waals surface area contributed by atoms with Crippen LogP contribution in [0, 0.1) is 12.7 Å². The smallest absolute Gasteiger partial charge is 0.191 e. The summed E-state index contributed by atoms with van der Waals surface area (Å²) in [6.07, 6.45) is 1.98. The Kier molecular flexibility index (Phi) is 6.48. The largest absolute Gasteiger partial charge is 0.464 e. The standard InChI is InChI=1S/C19H24FN3O.HI/c1-13-8-9-17(24-13)14(2)23-18(21-3)22-12-19(10-11-19)15-6-4-5-7-16(15)20;/h4-9,14H,10-12H2,1-3H3,(H2,21,22,23);1H. The van der Waals surface area contributed by atoms with Crippen molar-refractivity contribution in [2.24, 2.45) is 4.99 Å². The molecule has 25 heavy (non-hydrogen) atoms. The number of benzene rings is 1. The molecule has 1 fully saturated rings. The maximum Gasteiger partial charge on any atom is 0.191 e. The van der Waals surface area contributed by atoms with Crippen LogP contribution in [-0.2, 0) is 5.41 Å². The second-order valence-electron chi connectivity index (χ2n) is 6.50. The van der Waals surface area contributed by atoms with E-state index in [1.807, 2.05) is 38.1 Å². The van der Waals surface area contributed by atoms with E-state index in [4.69, 9.17) is 4.42 Å². The van der Waals surface area contributed by atoms with Crippen molar-refractivity contribution in [3.63, 3.8) is 0 Å². The highest BCUT2D eigenvalue weighted by Crippen LogP contribution is 2.48. The van der Waals surface area contributed by atoms with E-state index in [9.17, 15) is 4.39 Å². The molecule has 4 nitrogen and oxygen atoms in total. The molecule has 0 amide bonds. The molecule has 3 rings (SSSR count). The Balaban J connectivity index is 0.00000225. The molecule has 1 aliphatic carbocycles. The second-order valence-corrected chi connectivity index (χ2v) is 6.50. The zero-order valence-electron chi connectivity index (χ0n) is 14.8. The number of furan rings is 1. The molecule has 1 saturated carbocycles. The molecule has 1 unspecified atom stereocenters. The summed E-state index contributed by atoms with van der Waals surface area (Å²) >= 11 is 0. The number of halogens is 2. The lowest BCUT2D eigenvalue weighted by molar-refractivity contribution is 0.440. The molecule has 1 heterocycles. The number of hydrogen-bond donors (Lipinski definition) is 2. The molecule has 0 saturated heterocycles. The molecule has 0 radical (unpaired) electrons. The molecule has 0 bridgehead atoms. The van der Waals surface area contributed by atoms with Gasteiger partial charge in [0.15, 0.2) is 5.96 Å². The van der Waals surface area contributed by atoms with Gasteiger partial charge in [0, 0.05) is 19.0 Å². The van der Waals surface area contributed by atoms with Gasteiger partial charge in [-0.1, -0.05) is 18.2 Å². The number of nitrogens with one attached hydrogen (secondary N) is 2. The quantitative estimate of drug-likeness (QED) is 0.400. The highest BCUT2D eigenvalue weighted by Gasteiger charge is 2.45. The van der Waals surface area contributed by atoms with Crippen LogP contribution in [-0.4, -0.2) is 19.6 Å². The van der Waals surface area contributed by atoms with E-state index < -0.39 is 0 Å². The number of guanidine groups is 1. The van der Waals surface area contributed by atoms with E-state index in [0.29, 0.717) is 12.5 Å². The number of hydrogen-bond acceptors (Lipinski definition) is 2. The molecule has 1 aliphatic rings. The molecule has 1 aromatic heterocycles. The van der Waals surface area contributed by atoms with Gasteiger partial charge < -0.3 is 15.1 Å². The van der Waals surface area contributed by atoms with Crippen LogP contribution in [0.25, 0.3) is 0 Å². The fourth-order valence-electron chi connectivity index (χ4n) is 2.99. The van der Waals surface area contributed by atoms with Gasteiger partial charge in [0.2, 0.25) is 0 Å². The maximum absolute atomic E-state index is 14.1. The third kappa shape index (κ3) is 4.54. The first-order valence-corrected chi connectivity index (χ1v) is 8.32. The average molecular weight is 457 g/mol. The first kappa shape index (κ1) is 19.8. The Morgan fingerprint density at radius 2 is 2.00 bits per heavy atom. The van der Waals surface area contributed by atoms with E-state index in [1.54, 1.807) is 13.1 Å². The summed E-state index contributed by atoms with van der Waals surface area (Å²) < 4.78 is 19.7. The Morgan fingerprint density at radius 1 is 1.28 bits per heavy atom. The van der Waals surface area contributed by atoms with E-state index >= 15 is 0 Å². The van der Waals surface area contributed by atoms with Gasteiger partial charge in [-0.25, -0.2) is 4.39 Å². The predicted molar refractivity (Wildman–Crippen MR) is 109 cm³/mol. The molecule has 6 heteroatoms. The Labute approximate surface area is 165 Å². The Hall–Kier alpha value is -1.57. The highest BCUT2D eigenvalue weighted by atomic mass is 127. The van der Waals surface area contributed by atoms with Gasteiger partial charge in [-0.15, -0.1) is 24.0 Å². The van der Waals surface area contributed by atoms with Crippen LogP contribution >= 0.6 is 24.0 Å². The van der Waals surface area contributed by atoms with Crippen molar-refractivity contribution in [1.82, 2.24) is 10.6 Å². The lowest BCUT2D eigenvalue weighted by atomic mass is 9.95. The van der Waals surface area contributed by atoms with Gasteiger partial charge >= 0.3 is 0 Å². The lowest BCUT2D eigenvalue weighted by Gasteiger charge is -2.21. The van der Waals surface area contributed by atoms with Crippen molar-refractivity contribution in [2.45, 2.75) is 38.1 Å². The molecular weight excluding hydrogens is 432 g/mol. The molecule has 1 aromatic carbocycles. The summed E-state index contributed by atoms with van der Waals surface area (Å²) in [7, 11) is 1.73. The van der Waals surface area contributed by atoms with Crippen LogP contribution < -0.4 is 10.6 Å². The molecule has 0 spiro atoms. The van der Waals surface area contributed by atoms with E-state index in [2.05, 4.69) is 15.6 Å². The number of aryl methyl sites for hydroxylation is 1. The third-order valence-electron chi connectivity index (χ3n) is 4.66. The SMILES string of the molecule is CN=C(NCC1(c2ccccc2F)CC1)NC(C)c1ccc(C)o1.I. The highest BCUT2D eigenvalue weighted by molar-refractivity contribution is 14.0. The van der Waals surface area contributed by atoms with Crippen LogP contribution in [0.2, 0.25) is 0 Å². The maximum atomic E-state index is 14.1. The van der Waals surface area contributed by atoms with Crippen molar-refractivity contribution in [2.75, 3.05) is 13.6 Å². The summed E-state index contributed by atoms with van der Waals surface area (Å²) in [4.78, 5) is 4.27. The van der Waals surface area contributed by atoms with Crippen LogP contribution in [0.1, 0.15) is 42.9 Å². The molecule has 1 atom stereocenters. The number of aliphatic imine (C=N–C) groups is 1. The minimum atomic E-state index is -0.126. The minimum Gasteiger partial charge on any atom is -0.464 e. The first-order valence-electron chi connectivity index (χ1n) is 8.32. The fraction of sp³-hybridized carbons (Fsp3) is 0.421. The Bertz CT molecular complexity index is 740. The molecule has 2 N–H and O–H groups in total. The topological polar surface area (TPSA) is 49.6 Å². The monoisotopic (exact) mass is 457 g/mol. The van der Waals surface area contributed by atoms with Crippen LogP contribution in [0.4, 0.5) is 4.39 Å².